The van der Waals surface area contributed by atoms with Gasteiger partial charge in [-0.3, -0.25) is 0 Å². The molecule has 0 bridgehead atoms. The summed E-state index contributed by atoms with van der Waals surface area (Å²) in [7, 11) is 3.82. The Hall–Kier alpha value is -2.55. The third kappa shape index (κ3) is 3.82. The molecule has 0 unspecified atom stereocenters. The van der Waals surface area contributed by atoms with E-state index >= 15 is 0 Å². The van der Waals surface area contributed by atoms with E-state index in [0.717, 1.165) is 11.5 Å². The zero-order chi connectivity index (χ0) is 18.8. The Bertz CT molecular complexity index is 893. The maximum atomic E-state index is 4.56. The molecule has 0 spiro atoms. The normalized spacial score (nSPS) is 11.2. The van der Waals surface area contributed by atoms with Gasteiger partial charge in [-0.25, -0.2) is 4.98 Å². The van der Waals surface area contributed by atoms with Crippen molar-refractivity contribution in [3.05, 3.63) is 35.2 Å². The van der Waals surface area contributed by atoms with Crippen LogP contribution >= 0.6 is 11.8 Å². The Morgan fingerprint density at radius 3 is 2.46 bits per heavy atom. The summed E-state index contributed by atoms with van der Waals surface area (Å²) in [6, 6.07) is 6.12. The van der Waals surface area contributed by atoms with E-state index in [4.69, 9.17) is 0 Å². The Kier molecular flexibility index (Phi) is 5.17. The van der Waals surface area contributed by atoms with E-state index in [2.05, 4.69) is 70.3 Å². The fourth-order valence-corrected chi connectivity index (χ4v) is 2.94. The first kappa shape index (κ1) is 18.2. The highest BCUT2D eigenvalue weighted by Gasteiger charge is 2.16. The average molecular weight is 370 g/mol. The van der Waals surface area contributed by atoms with Gasteiger partial charge < -0.3 is 4.90 Å². The van der Waals surface area contributed by atoms with Crippen molar-refractivity contribution >= 4 is 17.7 Å². The number of benzene rings is 1. The van der Waals surface area contributed by atoms with Gasteiger partial charge in [0.1, 0.15) is 5.82 Å². The molecular weight excluding hydrogens is 348 g/mol. The molecule has 9 heteroatoms. The molecule has 0 saturated heterocycles. The maximum absolute atomic E-state index is 4.56. The van der Waals surface area contributed by atoms with Crippen molar-refractivity contribution in [3.8, 4) is 5.69 Å². The second kappa shape index (κ2) is 7.36. The highest BCUT2D eigenvalue weighted by molar-refractivity contribution is 7.99. The van der Waals surface area contributed by atoms with Gasteiger partial charge in [-0.05, 0) is 59.3 Å². The number of nitrogens with zero attached hydrogens (tertiary/aromatic N) is 8. The molecule has 8 nitrogen and oxygen atoms in total. The molecular formula is C17H22N8S. The van der Waals surface area contributed by atoms with E-state index in [1.807, 2.05) is 25.1 Å². The lowest BCUT2D eigenvalue weighted by Crippen LogP contribution is -2.16. The first-order chi connectivity index (χ1) is 12.3. The quantitative estimate of drug-likeness (QED) is 0.678. The minimum Gasteiger partial charge on any atom is -0.347 e. The number of hydrogen-bond acceptors (Lipinski definition) is 8. The number of aromatic nitrogens is 7. The molecule has 0 aliphatic rings. The Morgan fingerprint density at radius 1 is 1.04 bits per heavy atom. The minimum absolute atomic E-state index is 0.201. The van der Waals surface area contributed by atoms with Crippen molar-refractivity contribution in [3.63, 3.8) is 0 Å². The summed E-state index contributed by atoms with van der Waals surface area (Å²) < 4.78 is 1.70. The molecule has 0 radical (unpaired) electrons. The van der Waals surface area contributed by atoms with E-state index in [1.54, 1.807) is 4.68 Å². The van der Waals surface area contributed by atoms with Crippen LogP contribution in [0, 0.1) is 13.8 Å². The van der Waals surface area contributed by atoms with Crippen LogP contribution in [0.4, 0.5) is 5.95 Å². The number of rotatable bonds is 5. The van der Waals surface area contributed by atoms with Gasteiger partial charge in [0.05, 0.1) is 5.69 Å². The Balaban J connectivity index is 1.98. The molecule has 0 aliphatic heterocycles. The average Bonchev–Trinajstić information content (AvgIpc) is 3.05. The SMILES string of the molecule is Cc1ccc(-n2nnnc2Sc2nc(C(C)C)nc(N(C)C)n2)cc1C. The number of hydrogen-bond donors (Lipinski definition) is 0. The molecule has 0 saturated carbocycles. The van der Waals surface area contributed by atoms with Crippen molar-refractivity contribution in [2.24, 2.45) is 0 Å². The molecule has 1 aromatic carbocycles. The van der Waals surface area contributed by atoms with Crippen molar-refractivity contribution in [2.45, 2.75) is 43.9 Å². The monoisotopic (exact) mass is 370 g/mol. The molecule has 0 fully saturated rings. The summed E-state index contributed by atoms with van der Waals surface area (Å²) in [6.45, 7) is 8.26. The molecule has 0 aliphatic carbocycles. The highest BCUT2D eigenvalue weighted by Crippen LogP contribution is 2.27. The number of anilines is 1. The van der Waals surface area contributed by atoms with Gasteiger partial charge in [0, 0.05) is 20.0 Å². The van der Waals surface area contributed by atoms with Crippen molar-refractivity contribution in [1.82, 2.24) is 35.2 Å². The standard InChI is InChI=1S/C17H22N8S/c1-10(2)14-18-15(24(5)6)20-16(19-14)26-17-21-22-23-25(17)13-8-7-11(3)12(4)9-13/h7-10H,1-6H3. The third-order valence-corrected chi connectivity index (χ3v) is 4.70. The van der Waals surface area contributed by atoms with Crippen LogP contribution in [0.15, 0.2) is 28.5 Å². The fraction of sp³-hybridized carbons (Fsp3) is 0.412. The van der Waals surface area contributed by atoms with Gasteiger partial charge in [0.2, 0.25) is 16.3 Å². The number of tetrazole rings is 1. The molecule has 0 atom stereocenters. The molecule has 3 rings (SSSR count). The molecule has 2 aromatic heterocycles. The van der Waals surface area contributed by atoms with Gasteiger partial charge in [0.25, 0.3) is 0 Å². The zero-order valence-electron chi connectivity index (χ0n) is 15.8. The first-order valence-electron chi connectivity index (χ1n) is 8.32. The smallest absolute Gasteiger partial charge is 0.229 e. The fourth-order valence-electron chi connectivity index (χ4n) is 2.21. The predicted octanol–water partition coefficient (Wildman–Crippen LogP) is 2.80. The lowest BCUT2D eigenvalue weighted by molar-refractivity contribution is 0.712. The van der Waals surface area contributed by atoms with Crippen molar-refractivity contribution in [2.75, 3.05) is 19.0 Å². The van der Waals surface area contributed by atoms with Gasteiger partial charge in [0.15, 0.2) is 0 Å². The third-order valence-electron chi connectivity index (χ3n) is 3.90. The minimum atomic E-state index is 0.201. The molecule has 136 valence electrons. The second-order valence-corrected chi connectivity index (χ2v) is 7.50. The van der Waals surface area contributed by atoms with Crippen LogP contribution in [0.25, 0.3) is 5.69 Å². The van der Waals surface area contributed by atoms with Crippen molar-refractivity contribution < 1.29 is 0 Å². The summed E-state index contributed by atoms with van der Waals surface area (Å²) in [6.07, 6.45) is 0. The lowest BCUT2D eigenvalue weighted by atomic mass is 10.1. The van der Waals surface area contributed by atoms with Crippen LogP contribution < -0.4 is 4.90 Å². The first-order valence-corrected chi connectivity index (χ1v) is 9.14. The maximum Gasteiger partial charge on any atom is 0.229 e. The van der Waals surface area contributed by atoms with E-state index in [0.29, 0.717) is 16.3 Å². The topological polar surface area (TPSA) is 85.5 Å². The Morgan fingerprint density at radius 2 is 1.81 bits per heavy atom. The molecule has 0 amide bonds. The highest BCUT2D eigenvalue weighted by atomic mass is 32.2. The predicted molar refractivity (Wildman–Crippen MR) is 101 cm³/mol. The number of aryl methyl sites for hydroxylation is 2. The van der Waals surface area contributed by atoms with Gasteiger partial charge in [-0.15, -0.1) is 5.10 Å². The van der Waals surface area contributed by atoms with E-state index in [-0.39, 0.29) is 5.92 Å². The lowest BCUT2D eigenvalue weighted by Gasteiger charge is -2.13. The van der Waals surface area contributed by atoms with Crippen LogP contribution in [0.3, 0.4) is 0 Å². The van der Waals surface area contributed by atoms with Crippen LogP contribution in [0.1, 0.15) is 36.7 Å². The van der Waals surface area contributed by atoms with E-state index < -0.39 is 0 Å². The van der Waals surface area contributed by atoms with E-state index in [1.165, 1.54) is 22.9 Å². The summed E-state index contributed by atoms with van der Waals surface area (Å²) in [4.78, 5) is 15.4. The summed E-state index contributed by atoms with van der Waals surface area (Å²) in [5.41, 5.74) is 3.32. The molecule has 2 heterocycles. The molecule has 26 heavy (non-hydrogen) atoms. The van der Waals surface area contributed by atoms with Gasteiger partial charge >= 0.3 is 0 Å². The van der Waals surface area contributed by atoms with Crippen LogP contribution in [0.2, 0.25) is 0 Å². The van der Waals surface area contributed by atoms with Crippen LogP contribution in [-0.4, -0.2) is 49.3 Å². The second-order valence-electron chi connectivity index (χ2n) is 6.57. The zero-order valence-corrected chi connectivity index (χ0v) is 16.6. The van der Waals surface area contributed by atoms with Crippen LogP contribution in [-0.2, 0) is 0 Å². The van der Waals surface area contributed by atoms with Gasteiger partial charge in [-0.2, -0.15) is 14.6 Å². The van der Waals surface area contributed by atoms with E-state index in [9.17, 15) is 0 Å². The van der Waals surface area contributed by atoms with Crippen LogP contribution in [0.5, 0.6) is 0 Å². The summed E-state index contributed by atoms with van der Waals surface area (Å²) in [5, 5.41) is 13.3. The molecule has 0 N–H and O–H groups in total. The summed E-state index contributed by atoms with van der Waals surface area (Å²) >= 11 is 1.33. The Labute approximate surface area is 157 Å². The molecule has 3 aromatic rings. The summed E-state index contributed by atoms with van der Waals surface area (Å²) in [5.74, 6) is 1.57. The largest absolute Gasteiger partial charge is 0.347 e. The van der Waals surface area contributed by atoms with Crippen molar-refractivity contribution in [1.29, 1.82) is 0 Å². The van der Waals surface area contributed by atoms with Gasteiger partial charge in [-0.1, -0.05) is 19.9 Å².